The maximum Gasteiger partial charge on any atom is 0.237 e. The van der Waals surface area contributed by atoms with Crippen molar-refractivity contribution < 1.29 is 13.2 Å². The molecule has 0 atom stereocenters. The summed E-state index contributed by atoms with van der Waals surface area (Å²) in [5.74, 6) is -0.352. The van der Waals surface area contributed by atoms with Gasteiger partial charge in [-0.25, -0.2) is 8.42 Å². The van der Waals surface area contributed by atoms with E-state index in [4.69, 9.17) is 0 Å². The molecule has 0 radical (unpaired) electrons. The molecular weight excluding hydrogens is 302 g/mol. The third-order valence-electron chi connectivity index (χ3n) is 4.16. The van der Waals surface area contributed by atoms with Crippen LogP contribution in [0.3, 0.4) is 0 Å². The molecule has 0 N–H and O–H groups in total. The lowest BCUT2D eigenvalue weighted by atomic mass is 9.91. The van der Waals surface area contributed by atoms with Crippen molar-refractivity contribution in [2.75, 3.05) is 18.6 Å². The van der Waals surface area contributed by atoms with Crippen LogP contribution in [0.15, 0.2) is 12.4 Å². The smallest absolute Gasteiger partial charge is 0.237 e. The third kappa shape index (κ3) is 5.12. The molecule has 1 fully saturated rings. The van der Waals surface area contributed by atoms with Crippen LogP contribution in [0.2, 0.25) is 0 Å². The third-order valence-corrected chi connectivity index (χ3v) is 5.83. The standard InChI is InChI=1S/C15H25N3O3S/c1-17(9-14-8-16-18(2)10-14)15(19)12-22(20,21)11-13-6-4-3-5-7-13/h8,10,13H,3-7,9,11-12H2,1-2H3. The van der Waals surface area contributed by atoms with Crippen molar-refractivity contribution in [3.63, 3.8) is 0 Å². The van der Waals surface area contributed by atoms with Gasteiger partial charge in [0.25, 0.3) is 0 Å². The van der Waals surface area contributed by atoms with E-state index in [-0.39, 0.29) is 23.3 Å². The highest BCUT2D eigenvalue weighted by atomic mass is 32.2. The van der Waals surface area contributed by atoms with E-state index in [1.807, 2.05) is 6.20 Å². The van der Waals surface area contributed by atoms with Gasteiger partial charge in [0, 0.05) is 32.4 Å². The number of aryl methyl sites for hydroxylation is 1. The highest BCUT2D eigenvalue weighted by Crippen LogP contribution is 2.25. The highest BCUT2D eigenvalue weighted by molar-refractivity contribution is 7.92. The fourth-order valence-corrected chi connectivity index (χ4v) is 4.75. The molecule has 2 rings (SSSR count). The molecule has 0 bridgehead atoms. The molecule has 0 aromatic carbocycles. The Morgan fingerprint density at radius 3 is 2.64 bits per heavy atom. The number of carbonyl (C=O) groups is 1. The number of carbonyl (C=O) groups excluding carboxylic acids is 1. The first-order valence-corrected chi connectivity index (χ1v) is 9.60. The van der Waals surface area contributed by atoms with Gasteiger partial charge in [-0.15, -0.1) is 0 Å². The Morgan fingerprint density at radius 1 is 1.36 bits per heavy atom. The molecule has 1 amide bonds. The van der Waals surface area contributed by atoms with Crippen LogP contribution in [0.4, 0.5) is 0 Å². The maximum absolute atomic E-state index is 12.2. The lowest BCUT2D eigenvalue weighted by molar-refractivity contribution is -0.127. The Morgan fingerprint density at radius 2 is 2.05 bits per heavy atom. The van der Waals surface area contributed by atoms with Crippen molar-refractivity contribution in [3.05, 3.63) is 18.0 Å². The number of amides is 1. The largest absolute Gasteiger partial charge is 0.340 e. The fraction of sp³-hybridized carbons (Fsp3) is 0.733. The van der Waals surface area contributed by atoms with Gasteiger partial charge in [-0.3, -0.25) is 9.48 Å². The number of aromatic nitrogens is 2. The highest BCUT2D eigenvalue weighted by Gasteiger charge is 2.25. The van der Waals surface area contributed by atoms with Crippen molar-refractivity contribution in [2.45, 2.75) is 38.6 Å². The van der Waals surface area contributed by atoms with E-state index in [2.05, 4.69) is 5.10 Å². The quantitative estimate of drug-likeness (QED) is 0.791. The van der Waals surface area contributed by atoms with Crippen molar-refractivity contribution >= 4 is 15.7 Å². The summed E-state index contributed by atoms with van der Waals surface area (Å²) in [5, 5.41) is 4.04. The van der Waals surface area contributed by atoms with Gasteiger partial charge in [0.2, 0.25) is 5.91 Å². The van der Waals surface area contributed by atoms with Crippen LogP contribution in [0, 0.1) is 5.92 Å². The minimum Gasteiger partial charge on any atom is -0.340 e. The zero-order valence-electron chi connectivity index (χ0n) is 13.4. The molecule has 0 aliphatic heterocycles. The number of rotatable bonds is 6. The summed E-state index contributed by atoms with van der Waals surface area (Å²) in [7, 11) is 0.111. The summed E-state index contributed by atoms with van der Waals surface area (Å²) < 4.78 is 26.1. The van der Waals surface area contributed by atoms with E-state index in [0.717, 1.165) is 31.2 Å². The van der Waals surface area contributed by atoms with Gasteiger partial charge in [-0.2, -0.15) is 5.10 Å². The molecule has 7 heteroatoms. The van der Waals surface area contributed by atoms with Gasteiger partial charge in [0.15, 0.2) is 9.84 Å². The zero-order valence-corrected chi connectivity index (χ0v) is 14.2. The number of sulfone groups is 1. The second kappa shape index (κ2) is 7.26. The summed E-state index contributed by atoms with van der Waals surface area (Å²) in [4.78, 5) is 13.6. The lowest BCUT2D eigenvalue weighted by Crippen LogP contribution is -2.34. The van der Waals surface area contributed by atoms with Gasteiger partial charge in [0.05, 0.1) is 11.9 Å². The van der Waals surface area contributed by atoms with Gasteiger partial charge in [-0.1, -0.05) is 19.3 Å². The van der Waals surface area contributed by atoms with E-state index >= 15 is 0 Å². The Bertz CT molecular complexity index is 603. The predicted molar refractivity (Wildman–Crippen MR) is 84.9 cm³/mol. The average molecular weight is 327 g/mol. The van der Waals surface area contributed by atoms with Crippen LogP contribution in [0.1, 0.15) is 37.7 Å². The monoisotopic (exact) mass is 327 g/mol. The second-order valence-electron chi connectivity index (χ2n) is 6.33. The summed E-state index contributed by atoms with van der Waals surface area (Å²) in [6, 6.07) is 0. The number of hydrogen-bond acceptors (Lipinski definition) is 4. The van der Waals surface area contributed by atoms with Crippen LogP contribution >= 0.6 is 0 Å². The van der Waals surface area contributed by atoms with Crippen LogP contribution in [-0.4, -0.2) is 47.6 Å². The van der Waals surface area contributed by atoms with Gasteiger partial charge < -0.3 is 4.90 Å². The van der Waals surface area contributed by atoms with E-state index in [0.29, 0.717) is 6.54 Å². The van der Waals surface area contributed by atoms with Crippen LogP contribution in [0.25, 0.3) is 0 Å². The van der Waals surface area contributed by atoms with Crippen LogP contribution < -0.4 is 0 Å². The summed E-state index contributed by atoms with van der Waals surface area (Å²) in [5.41, 5.74) is 0.892. The van der Waals surface area contributed by atoms with E-state index in [1.54, 1.807) is 25.0 Å². The second-order valence-corrected chi connectivity index (χ2v) is 8.44. The zero-order chi connectivity index (χ0) is 16.2. The first-order chi connectivity index (χ1) is 10.4. The first-order valence-electron chi connectivity index (χ1n) is 7.77. The lowest BCUT2D eigenvalue weighted by Gasteiger charge is -2.22. The van der Waals surface area contributed by atoms with Gasteiger partial charge in [0.1, 0.15) is 5.75 Å². The normalized spacial score (nSPS) is 16.6. The minimum absolute atomic E-state index is 0.152. The van der Waals surface area contributed by atoms with E-state index in [1.165, 1.54) is 11.3 Å². The Balaban J connectivity index is 1.86. The van der Waals surface area contributed by atoms with Crippen molar-refractivity contribution in [1.29, 1.82) is 0 Å². The molecule has 0 spiro atoms. The molecule has 0 saturated heterocycles. The molecule has 1 aliphatic carbocycles. The Labute approximate surface area is 132 Å². The molecule has 1 aromatic heterocycles. The molecular formula is C15H25N3O3S. The van der Waals surface area contributed by atoms with Crippen molar-refractivity contribution in [3.8, 4) is 0 Å². The molecule has 0 unspecified atom stereocenters. The Kier molecular flexibility index (Phi) is 5.61. The maximum atomic E-state index is 12.2. The summed E-state index contributed by atoms with van der Waals surface area (Å²) >= 11 is 0. The summed E-state index contributed by atoms with van der Waals surface area (Å²) in [6.45, 7) is 0.381. The molecule has 1 aliphatic rings. The topological polar surface area (TPSA) is 72.3 Å². The Hall–Kier alpha value is -1.37. The molecule has 22 heavy (non-hydrogen) atoms. The SMILES string of the molecule is CN(Cc1cnn(C)c1)C(=O)CS(=O)(=O)CC1CCCCC1. The van der Waals surface area contributed by atoms with Crippen molar-refractivity contribution in [1.82, 2.24) is 14.7 Å². The minimum atomic E-state index is -3.32. The number of hydrogen-bond donors (Lipinski definition) is 0. The predicted octanol–water partition coefficient (Wildman–Crippen LogP) is 1.37. The molecule has 1 aromatic rings. The van der Waals surface area contributed by atoms with Gasteiger partial charge >= 0.3 is 0 Å². The summed E-state index contributed by atoms with van der Waals surface area (Å²) in [6.07, 6.45) is 8.85. The van der Waals surface area contributed by atoms with Crippen molar-refractivity contribution in [2.24, 2.45) is 13.0 Å². The average Bonchev–Trinajstić information content (AvgIpc) is 2.84. The van der Waals surface area contributed by atoms with E-state index < -0.39 is 9.84 Å². The van der Waals surface area contributed by atoms with Crippen LogP contribution in [0.5, 0.6) is 0 Å². The molecule has 124 valence electrons. The number of nitrogens with zero attached hydrogens (tertiary/aromatic N) is 3. The first kappa shape index (κ1) is 17.0. The van der Waals surface area contributed by atoms with Gasteiger partial charge in [-0.05, 0) is 18.8 Å². The van der Waals surface area contributed by atoms with Crippen LogP contribution in [-0.2, 0) is 28.2 Å². The molecule has 1 heterocycles. The molecule has 6 nitrogen and oxygen atoms in total. The fourth-order valence-electron chi connectivity index (χ4n) is 2.99. The van der Waals surface area contributed by atoms with E-state index in [9.17, 15) is 13.2 Å². The molecule has 1 saturated carbocycles.